The fourth-order valence-electron chi connectivity index (χ4n) is 2.76. The monoisotopic (exact) mass is 313 g/mol. The van der Waals surface area contributed by atoms with Gasteiger partial charge >= 0.3 is 0 Å². The molecule has 1 heterocycles. The van der Waals surface area contributed by atoms with Crippen LogP contribution in [0.5, 0.6) is 0 Å². The zero-order valence-electron chi connectivity index (χ0n) is 12.4. The summed E-state index contributed by atoms with van der Waals surface area (Å²) in [5.41, 5.74) is 0.780. The van der Waals surface area contributed by atoms with E-state index in [1.54, 1.807) is 31.2 Å². The molecule has 112 valence electrons. The standard InChI is InChI=1S/C18H16ClNO2/c1-12-20-18(2,14-8-10-15(19)11-9-14)17(22-12)16(21)13-6-4-3-5-7-13/h3-11,17H,1-2H3/t17-,18-/m0/s1. The number of ether oxygens (including phenoxy) is 1. The maximum atomic E-state index is 12.8. The van der Waals surface area contributed by atoms with E-state index in [9.17, 15) is 4.79 Å². The van der Waals surface area contributed by atoms with Gasteiger partial charge in [-0.05, 0) is 24.6 Å². The molecule has 0 saturated carbocycles. The average Bonchev–Trinajstić information content (AvgIpc) is 2.84. The first kappa shape index (κ1) is 14.8. The van der Waals surface area contributed by atoms with Gasteiger partial charge in [0, 0.05) is 17.5 Å². The number of carbonyl (C=O) groups excluding carboxylic acids is 1. The Morgan fingerprint density at radius 1 is 1.14 bits per heavy atom. The molecule has 1 aliphatic heterocycles. The number of ketones is 1. The van der Waals surface area contributed by atoms with Crippen LogP contribution in [0, 0.1) is 0 Å². The molecule has 0 spiro atoms. The number of benzene rings is 2. The predicted molar refractivity (Wildman–Crippen MR) is 87.6 cm³/mol. The van der Waals surface area contributed by atoms with Gasteiger partial charge in [-0.1, -0.05) is 54.1 Å². The van der Waals surface area contributed by atoms with E-state index < -0.39 is 11.6 Å². The number of halogens is 1. The molecule has 0 N–H and O–H groups in total. The van der Waals surface area contributed by atoms with Crippen LogP contribution in [0.3, 0.4) is 0 Å². The van der Waals surface area contributed by atoms with Gasteiger partial charge in [0.25, 0.3) is 0 Å². The predicted octanol–water partition coefficient (Wildman–Crippen LogP) is 4.26. The van der Waals surface area contributed by atoms with Gasteiger partial charge in [-0.2, -0.15) is 0 Å². The lowest BCUT2D eigenvalue weighted by Gasteiger charge is -2.27. The maximum Gasteiger partial charge on any atom is 0.206 e. The molecule has 0 unspecified atom stereocenters. The average molecular weight is 314 g/mol. The Kier molecular flexibility index (Phi) is 3.75. The van der Waals surface area contributed by atoms with E-state index in [0.29, 0.717) is 16.5 Å². The molecule has 0 fully saturated rings. The van der Waals surface area contributed by atoms with Crippen molar-refractivity contribution < 1.29 is 9.53 Å². The molecule has 0 amide bonds. The van der Waals surface area contributed by atoms with Crippen LogP contribution in [-0.4, -0.2) is 17.8 Å². The van der Waals surface area contributed by atoms with Gasteiger partial charge < -0.3 is 4.74 Å². The van der Waals surface area contributed by atoms with Crippen LogP contribution in [0.4, 0.5) is 0 Å². The molecular formula is C18H16ClNO2. The minimum Gasteiger partial charge on any atom is -0.467 e. The second-order valence-corrected chi connectivity index (χ2v) is 5.95. The van der Waals surface area contributed by atoms with Gasteiger partial charge in [-0.3, -0.25) is 4.79 Å². The molecule has 0 radical (unpaired) electrons. The first-order chi connectivity index (χ1) is 10.5. The van der Waals surface area contributed by atoms with Gasteiger partial charge in [-0.25, -0.2) is 4.99 Å². The van der Waals surface area contributed by atoms with Crippen LogP contribution in [0.25, 0.3) is 0 Å². The third kappa shape index (κ3) is 2.53. The molecule has 3 nitrogen and oxygen atoms in total. The molecule has 1 aliphatic rings. The molecule has 4 heteroatoms. The minimum atomic E-state index is -0.748. The van der Waals surface area contributed by atoms with Crippen molar-refractivity contribution >= 4 is 23.3 Å². The van der Waals surface area contributed by atoms with E-state index in [2.05, 4.69) is 4.99 Å². The number of aliphatic imine (C=N–C) groups is 1. The maximum absolute atomic E-state index is 12.8. The summed E-state index contributed by atoms with van der Waals surface area (Å²) in [7, 11) is 0. The summed E-state index contributed by atoms with van der Waals surface area (Å²) < 4.78 is 5.75. The molecule has 2 aromatic carbocycles. The Bertz CT molecular complexity index is 725. The van der Waals surface area contributed by atoms with Crippen molar-refractivity contribution in [1.29, 1.82) is 0 Å². The van der Waals surface area contributed by atoms with Crippen LogP contribution >= 0.6 is 11.6 Å². The van der Waals surface area contributed by atoms with Crippen molar-refractivity contribution in [2.45, 2.75) is 25.5 Å². The summed E-state index contributed by atoms with van der Waals surface area (Å²) in [6, 6.07) is 16.5. The van der Waals surface area contributed by atoms with E-state index in [-0.39, 0.29) is 5.78 Å². The summed E-state index contributed by atoms with van der Waals surface area (Å²) in [6.45, 7) is 3.69. The topological polar surface area (TPSA) is 38.7 Å². The van der Waals surface area contributed by atoms with Crippen LogP contribution in [-0.2, 0) is 10.3 Å². The Balaban J connectivity index is 2.01. The van der Waals surface area contributed by atoms with Crippen LogP contribution in [0.2, 0.25) is 5.02 Å². The molecule has 0 aromatic heterocycles. The summed E-state index contributed by atoms with van der Waals surface area (Å²) in [4.78, 5) is 17.4. The van der Waals surface area contributed by atoms with Gasteiger partial charge in [0.2, 0.25) is 5.78 Å². The molecule has 0 bridgehead atoms. The zero-order valence-corrected chi connectivity index (χ0v) is 13.2. The molecule has 0 saturated heterocycles. The summed E-state index contributed by atoms with van der Waals surface area (Å²) in [5, 5.41) is 0.651. The second-order valence-electron chi connectivity index (χ2n) is 5.51. The SMILES string of the molecule is CC1=N[C@@](C)(c2ccc(Cl)cc2)[C@H](C(=O)c2ccccc2)O1. The number of nitrogens with zero attached hydrogens (tertiary/aromatic N) is 1. The third-order valence-corrected chi connectivity index (χ3v) is 4.17. The normalized spacial score (nSPS) is 23.8. The van der Waals surface area contributed by atoms with Crippen molar-refractivity contribution in [3.8, 4) is 0 Å². The zero-order chi connectivity index (χ0) is 15.7. The number of hydrogen-bond acceptors (Lipinski definition) is 3. The van der Waals surface area contributed by atoms with Gasteiger partial charge in [0.1, 0.15) is 5.54 Å². The number of carbonyl (C=O) groups is 1. The molecule has 2 aromatic rings. The third-order valence-electron chi connectivity index (χ3n) is 3.91. The Hall–Kier alpha value is -2.13. The molecule has 2 atom stereocenters. The molecule has 3 rings (SSSR count). The highest BCUT2D eigenvalue weighted by molar-refractivity contribution is 6.30. The molecule has 22 heavy (non-hydrogen) atoms. The lowest BCUT2D eigenvalue weighted by molar-refractivity contribution is 0.0693. The van der Waals surface area contributed by atoms with Gasteiger partial charge in [0.05, 0.1) is 0 Å². The van der Waals surface area contributed by atoms with Crippen molar-refractivity contribution in [3.63, 3.8) is 0 Å². The van der Waals surface area contributed by atoms with E-state index in [1.165, 1.54) is 0 Å². The smallest absolute Gasteiger partial charge is 0.206 e. The highest BCUT2D eigenvalue weighted by Gasteiger charge is 2.47. The van der Waals surface area contributed by atoms with Crippen LogP contribution in [0.15, 0.2) is 59.6 Å². The van der Waals surface area contributed by atoms with Crippen molar-refractivity contribution in [1.82, 2.24) is 0 Å². The number of hydrogen-bond donors (Lipinski definition) is 0. The van der Waals surface area contributed by atoms with Crippen LogP contribution < -0.4 is 0 Å². The molecule has 0 aliphatic carbocycles. The molecular weight excluding hydrogens is 298 g/mol. The quantitative estimate of drug-likeness (QED) is 0.794. The number of Topliss-reactive ketones (excluding diaryl/α,β-unsaturated/α-hetero) is 1. The fraction of sp³-hybridized carbons (Fsp3) is 0.222. The summed E-state index contributed by atoms with van der Waals surface area (Å²) >= 11 is 5.95. The summed E-state index contributed by atoms with van der Waals surface area (Å²) in [5.74, 6) is 0.449. The second kappa shape index (κ2) is 5.58. The van der Waals surface area contributed by atoms with Gasteiger partial charge in [-0.15, -0.1) is 0 Å². The van der Waals surface area contributed by atoms with Gasteiger partial charge in [0.15, 0.2) is 12.0 Å². The number of rotatable bonds is 3. The van der Waals surface area contributed by atoms with E-state index in [0.717, 1.165) is 5.56 Å². The first-order valence-corrected chi connectivity index (χ1v) is 7.47. The Morgan fingerprint density at radius 3 is 2.41 bits per heavy atom. The summed E-state index contributed by atoms with van der Waals surface area (Å²) in [6.07, 6.45) is -0.670. The van der Waals surface area contributed by atoms with Crippen molar-refractivity contribution in [2.24, 2.45) is 4.99 Å². The van der Waals surface area contributed by atoms with E-state index in [4.69, 9.17) is 16.3 Å². The lowest BCUT2D eigenvalue weighted by atomic mass is 9.83. The van der Waals surface area contributed by atoms with Crippen molar-refractivity contribution in [3.05, 3.63) is 70.7 Å². The first-order valence-electron chi connectivity index (χ1n) is 7.09. The highest BCUT2D eigenvalue weighted by atomic mass is 35.5. The Labute approximate surface area is 134 Å². The minimum absolute atomic E-state index is 0.0707. The Morgan fingerprint density at radius 2 is 1.77 bits per heavy atom. The lowest BCUT2D eigenvalue weighted by Crippen LogP contribution is -2.39. The largest absolute Gasteiger partial charge is 0.467 e. The fourth-order valence-corrected chi connectivity index (χ4v) is 2.89. The van der Waals surface area contributed by atoms with Crippen molar-refractivity contribution in [2.75, 3.05) is 0 Å². The van der Waals surface area contributed by atoms with E-state index in [1.807, 2.05) is 37.3 Å². The highest BCUT2D eigenvalue weighted by Crippen LogP contribution is 2.38. The van der Waals surface area contributed by atoms with E-state index >= 15 is 0 Å². The van der Waals surface area contributed by atoms with Crippen LogP contribution in [0.1, 0.15) is 29.8 Å².